The van der Waals surface area contributed by atoms with Gasteiger partial charge < -0.3 is 15.2 Å². The molecule has 1 fully saturated rings. The lowest BCUT2D eigenvalue weighted by Crippen LogP contribution is -2.51. The van der Waals surface area contributed by atoms with Crippen molar-refractivity contribution in [2.45, 2.75) is 32.4 Å². The standard InChI is InChI=1S/C23H27N7OS/c1-15-13-29(16(2)17-4-5-19-21(10-17)32-14-27-19)8-9-30(15)20(11-22(31)25-3)23-26-12-18(28-23)6-7-24/h4-5,10-12,14-16H,6,8-9,13H2,1-3H3,(H,25,31)(H,26,28)/b20-11+. The van der Waals surface area contributed by atoms with Crippen molar-refractivity contribution >= 4 is 33.2 Å². The number of piperazine rings is 1. The molecule has 2 atom stereocenters. The lowest BCUT2D eigenvalue weighted by molar-refractivity contribution is -0.116. The number of nitrogens with one attached hydrogen (secondary N) is 2. The van der Waals surface area contributed by atoms with Gasteiger partial charge in [0.15, 0.2) is 5.82 Å². The fourth-order valence-electron chi connectivity index (χ4n) is 4.18. The summed E-state index contributed by atoms with van der Waals surface area (Å²) in [6.07, 6.45) is 3.55. The number of fused-ring (bicyclic) bond motifs is 1. The number of rotatable bonds is 6. The summed E-state index contributed by atoms with van der Waals surface area (Å²) in [6.45, 7) is 6.90. The molecule has 32 heavy (non-hydrogen) atoms. The number of likely N-dealkylation sites (N-methyl/N-ethyl adjacent to an activating group) is 1. The third-order valence-corrected chi connectivity index (χ3v) is 6.79. The third kappa shape index (κ3) is 4.52. The van der Waals surface area contributed by atoms with Crippen LogP contribution in [0.3, 0.4) is 0 Å². The molecule has 0 radical (unpaired) electrons. The maximum absolute atomic E-state index is 12.2. The summed E-state index contributed by atoms with van der Waals surface area (Å²) in [7, 11) is 1.61. The van der Waals surface area contributed by atoms with Crippen molar-refractivity contribution in [2.75, 3.05) is 26.7 Å². The molecule has 4 rings (SSSR count). The molecular weight excluding hydrogens is 422 g/mol. The van der Waals surface area contributed by atoms with E-state index in [1.807, 2.05) is 5.51 Å². The summed E-state index contributed by atoms with van der Waals surface area (Å²) in [4.78, 5) is 29.0. The van der Waals surface area contributed by atoms with Crippen LogP contribution in [-0.4, -0.2) is 63.4 Å². The molecule has 2 N–H and O–H groups in total. The Bertz CT molecular complexity index is 1170. The van der Waals surface area contributed by atoms with E-state index >= 15 is 0 Å². The highest BCUT2D eigenvalue weighted by Gasteiger charge is 2.30. The molecule has 0 aliphatic carbocycles. The zero-order valence-electron chi connectivity index (χ0n) is 18.5. The molecule has 1 aliphatic heterocycles. The number of aromatic nitrogens is 3. The average Bonchev–Trinajstić information content (AvgIpc) is 3.46. The van der Waals surface area contributed by atoms with Gasteiger partial charge in [-0.15, -0.1) is 11.3 Å². The van der Waals surface area contributed by atoms with E-state index in [0.717, 1.165) is 30.8 Å². The van der Waals surface area contributed by atoms with Crippen molar-refractivity contribution < 1.29 is 4.79 Å². The van der Waals surface area contributed by atoms with Crippen LogP contribution in [0.25, 0.3) is 15.9 Å². The first-order valence-corrected chi connectivity index (χ1v) is 11.6. The summed E-state index contributed by atoms with van der Waals surface area (Å²) >= 11 is 1.67. The second kappa shape index (κ2) is 9.51. The molecule has 2 aromatic heterocycles. The Kier molecular flexibility index (Phi) is 6.53. The number of nitriles is 1. The highest BCUT2D eigenvalue weighted by atomic mass is 32.1. The highest BCUT2D eigenvalue weighted by molar-refractivity contribution is 7.16. The van der Waals surface area contributed by atoms with Crippen LogP contribution in [-0.2, 0) is 11.2 Å². The van der Waals surface area contributed by atoms with E-state index in [2.05, 4.69) is 68.2 Å². The molecule has 3 aromatic rings. The number of aromatic amines is 1. The second-order valence-electron chi connectivity index (χ2n) is 8.01. The van der Waals surface area contributed by atoms with Gasteiger partial charge in [-0.25, -0.2) is 9.97 Å². The van der Waals surface area contributed by atoms with Crippen molar-refractivity contribution in [3.05, 3.63) is 53.1 Å². The van der Waals surface area contributed by atoms with Crippen molar-refractivity contribution in [1.29, 1.82) is 5.26 Å². The van der Waals surface area contributed by atoms with Crippen LogP contribution in [0.1, 0.15) is 37.0 Å². The fourth-order valence-corrected chi connectivity index (χ4v) is 4.91. The van der Waals surface area contributed by atoms with Crippen LogP contribution < -0.4 is 5.32 Å². The Morgan fingerprint density at radius 2 is 2.31 bits per heavy atom. The van der Waals surface area contributed by atoms with Gasteiger partial charge in [0.25, 0.3) is 0 Å². The predicted molar refractivity (Wildman–Crippen MR) is 126 cm³/mol. The Labute approximate surface area is 191 Å². The van der Waals surface area contributed by atoms with Gasteiger partial charge in [0.2, 0.25) is 5.91 Å². The number of benzene rings is 1. The van der Waals surface area contributed by atoms with Crippen LogP contribution in [0.5, 0.6) is 0 Å². The third-order valence-electron chi connectivity index (χ3n) is 6.00. The molecule has 1 aliphatic rings. The maximum atomic E-state index is 12.2. The van der Waals surface area contributed by atoms with Crippen molar-refractivity contribution in [3.8, 4) is 6.07 Å². The van der Waals surface area contributed by atoms with Gasteiger partial charge in [-0.05, 0) is 31.5 Å². The van der Waals surface area contributed by atoms with Crippen LogP contribution >= 0.6 is 11.3 Å². The van der Waals surface area contributed by atoms with E-state index in [1.54, 1.807) is 30.7 Å². The summed E-state index contributed by atoms with van der Waals surface area (Å²) in [5.74, 6) is 0.432. The zero-order valence-corrected chi connectivity index (χ0v) is 19.3. The zero-order chi connectivity index (χ0) is 22.7. The van der Waals surface area contributed by atoms with Gasteiger partial charge in [-0.2, -0.15) is 5.26 Å². The number of nitrogens with zero attached hydrogens (tertiary/aromatic N) is 5. The Hall–Kier alpha value is -3.22. The first-order chi connectivity index (χ1) is 15.5. The van der Waals surface area contributed by atoms with Gasteiger partial charge in [-0.3, -0.25) is 9.69 Å². The maximum Gasteiger partial charge on any atom is 0.245 e. The van der Waals surface area contributed by atoms with Crippen molar-refractivity contribution in [1.82, 2.24) is 30.1 Å². The molecule has 0 spiro atoms. The minimum Gasteiger partial charge on any atom is -0.363 e. The first-order valence-electron chi connectivity index (χ1n) is 10.7. The average molecular weight is 450 g/mol. The number of imidazole rings is 1. The summed E-state index contributed by atoms with van der Waals surface area (Å²) in [5.41, 5.74) is 5.64. The number of H-pyrrole nitrogens is 1. The molecule has 2 unspecified atom stereocenters. The molecule has 1 saturated heterocycles. The first kappa shape index (κ1) is 22.0. The molecule has 9 heteroatoms. The highest BCUT2D eigenvalue weighted by Crippen LogP contribution is 2.30. The number of hydrogen-bond acceptors (Lipinski definition) is 7. The Morgan fingerprint density at radius 1 is 1.47 bits per heavy atom. The van der Waals surface area contributed by atoms with Gasteiger partial charge in [0, 0.05) is 51.0 Å². The van der Waals surface area contributed by atoms with Crippen LogP contribution in [0.15, 0.2) is 36.0 Å². The minimum absolute atomic E-state index is 0.179. The van der Waals surface area contributed by atoms with E-state index in [4.69, 9.17) is 5.26 Å². The lowest BCUT2D eigenvalue weighted by atomic mass is 10.0. The quantitative estimate of drug-likeness (QED) is 0.561. The van der Waals surface area contributed by atoms with E-state index in [0.29, 0.717) is 11.5 Å². The smallest absolute Gasteiger partial charge is 0.245 e. The van der Waals surface area contributed by atoms with Crippen molar-refractivity contribution in [3.63, 3.8) is 0 Å². The largest absolute Gasteiger partial charge is 0.363 e. The summed E-state index contributed by atoms with van der Waals surface area (Å²) in [5, 5.41) is 11.6. The van der Waals surface area contributed by atoms with Crippen molar-refractivity contribution in [2.24, 2.45) is 0 Å². The summed E-state index contributed by atoms with van der Waals surface area (Å²) in [6, 6.07) is 9.08. The topological polar surface area (TPSA) is 101 Å². The molecule has 166 valence electrons. The molecular formula is C23H27N7OS. The summed E-state index contributed by atoms with van der Waals surface area (Å²) < 4.78 is 1.21. The lowest BCUT2D eigenvalue weighted by Gasteiger charge is -2.44. The van der Waals surface area contributed by atoms with E-state index in [1.165, 1.54) is 10.3 Å². The fraction of sp³-hybridized carbons (Fsp3) is 0.391. The molecule has 8 nitrogen and oxygen atoms in total. The predicted octanol–water partition coefficient (Wildman–Crippen LogP) is 2.94. The van der Waals surface area contributed by atoms with Gasteiger partial charge in [-0.1, -0.05) is 6.07 Å². The SMILES string of the molecule is CNC(=O)/C=C(\c1nc(CC#N)c[nH]1)N1CCN(C(C)c2ccc3ncsc3c2)CC1C. The Balaban J connectivity index is 1.53. The number of thiazole rings is 1. The normalized spacial score (nSPS) is 18.5. The van der Waals surface area contributed by atoms with Gasteiger partial charge in [0.05, 0.1) is 39.6 Å². The van der Waals surface area contributed by atoms with Gasteiger partial charge in [0.1, 0.15) is 0 Å². The van der Waals surface area contributed by atoms with E-state index in [9.17, 15) is 4.79 Å². The monoisotopic (exact) mass is 449 g/mol. The number of carbonyl (C=O) groups excluding carboxylic acids is 1. The molecule has 1 aromatic carbocycles. The molecule has 0 saturated carbocycles. The van der Waals surface area contributed by atoms with E-state index in [-0.39, 0.29) is 24.4 Å². The second-order valence-corrected chi connectivity index (χ2v) is 8.90. The minimum atomic E-state index is -0.181. The number of amides is 1. The van der Waals surface area contributed by atoms with Crippen LogP contribution in [0, 0.1) is 11.3 Å². The molecule has 0 bridgehead atoms. The molecule has 3 heterocycles. The number of hydrogen-bond donors (Lipinski definition) is 2. The molecule has 1 amide bonds. The number of carbonyl (C=O) groups is 1. The van der Waals surface area contributed by atoms with Crippen LogP contribution in [0.4, 0.5) is 0 Å². The van der Waals surface area contributed by atoms with E-state index < -0.39 is 0 Å². The van der Waals surface area contributed by atoms with Crippen LogP contribution in [0.2, 0.25) is 0 Å². The Morgan fingerprint density at radius 3 is 3.06 bits per heavy atom. The van der Waals surface area contributed by atoms with Gasteiger partial charge >= 0.3 is 0 Å².